The summed E-state index contributed by atoms with van der Waals surface area (Å²) in [4.78, 5) is 0. The predicted molar refractivity (Wildman–Crippen MR) is 61.2 cm³/mol. The number of anilines is 1. The van der Waals surface area contributed by atoms with Crippen molar-refractivity contribution in [1.82, 2.24) is 0 Å². The van der Waals surface area contributed by atoms with Gasteiger partial charge in [-0.25, -0.2) is 4.39 Å². The molecule has 1 aromatic carbocycles. The SMILES string of the molecule is C[C@@H]1CCC[C@H](c2cccc(F)c2N)C1. The Morgan fingerprint density at radius 3 is 2.87 bits per heavy atom. The molecule has 1 nitrogen and oxygen atoms in total. The minimum atomic E-state index is -0.272. The van der Waals surface area contributed by atoms with Crippen LogP contribution in [0.25, 0.3) is 0 Å². The summed E-state index contributed by atoms with van der Waals surface area (Å²) in [5, 5.41) is 0. The van der Waals surface area contributed by atoms with E-state index in [9.17, 15) is 4.39 Å². The molecular formula is C13H18FN. The number of hydrogen-bond acceptors (Lipinski definition) is 1. The lowest BCUT2D eigenvalue weighted by atomic mass is 9.78. The van der Waals surface area contributed by atoms with E-state index in [-0.39, 0.29) is 5.82 Å². The Bertz CT molecular complexity index is 348. The maximum absolute atomic E-state index is 13.3. The van der Waals surface area contributed by atoms with Gasteiger partial charge in [-0.05, 0) is 36.3 Å². The van der Waals surface area contributed by atoms with Gasteiger partial charge in [-0.3, -0.25) is 0 Å². The molecule has 15 heavy (non-hydrogen) atoms. The molecule has 0 saturated heterocycles. The van der Waals surface area contributed by atoms with E-state index in [1.165, 1.54) is 18.9 Å². The molecule has 0 aromatic heterocycles. The van der Waals surface area contributed by atoms with E-state index in [0.717, 1.165) is 24.3 Å². The average Bonchev–Trinajstić information content (AvgIpc) is 2.22. The maximum atomic E-state index is 13.3. The maximum Gasteiger partial charge on any atom is 0.146 e. The predicted octanol–water partition coefficient (Wildman–Crippen LogP) is 3.70. The first-order valence-electron chi connectivity index (χ1n) is 5.72. The fourth-order valence-electron chi connectivity index (χ4n) is 2.63. The Morgan fingerprint density at radius 2 is 2.13 bits per heavy atom. The zero-order chi connectivity index (χ0) is 10.8. The molecule has 0 amide bonds. The van der Waals surface area contributed by atoms with Crippen molar-refractivity contribution in [3.63, 3.8) is 0 Å². The van der Waals surface area contributed by atoms with E-state index in [4.69, 9.17) is 5.73 Å². The molecule has 82 valence electrons. The lowest BCUT2D eigenvalue weighted by molar-refractivity contribution is 0.344. The van der Waals surface area contributed by atoms with Crippen molar-refractivity contribution in [1.29, 1.82) is 0 Å². The molecule has 1 aromatic rings. The number of para-hydroxylation sites is 1. The smallest absolute Gasteiger partial charge is 0.146 e. The largest absolute Gasteiger partial charge is 0.396 e. The zero-order valence-corrected chi connectivity index (χ0v) is 9.17. The highest BCUT2D eigenvalue weighted by Crippen LogP contribution is 2.38. The van der Waals surface area contributed by atoms with Crippen LogP contribution < -0.4 is 5.73 Å². The molecule has 2 atom stereocenters. The van der Waals surface area contributed by atoms with Crippen LogP contribution in [0.4, 0.5) is 10.1 Å². The number of benzene rings is 1. The number of halogens is 1. The molecule has 0 aliphatic heterocycles. The Balaban J connectivity index is 2.24. The lowest BCUT2D eigenvalue weighted by Gasteiger charge is -2.27. The summed E-state index contributed by atoms with van der Waals surface area (Å²) in [5.74, 6) is 0.932. The summed E-state index contributed by atoms with van der Waals surface area (Å²) in [6.45, 7) is 2.27. The Hall–Kier alpha value is -1.05. The van der Waals surface area contributed by atoms with Gasteiger partial charge in [-0.2, -0.15) is 0 Å². The van der Waals surface area contributed by atoms with Gasteiger partial charge in [-0.1, -0.05) is 31.9 Å². The quantitative estimate of drug-likeness (QED) is 0.698. The van der Waals surface area contributed by atoms with Crippen LogP contribution in [0, 0.1) is 11.7 Å². The second-order valence-electron chi connectivity index (χ2n) is 4.71. The van der Waals surface area contributed by atoms with Gasteiger partial charge < -0.3 is 5.73 Å². The molecule has 0 spiro atoms. The average molecular weight is 207 g/mol. The first kappa shape index (κ1) is 10.5. The number of hydrogen-bond donors (Lipinski definition) is 1. The number of nitrogen functional groups attached to an aromatic ring is 1. The van der Waals surface area contributed by atoms with Crippen LogP contribution in [-0.2, 0) is 0 Å². The van der Waals surface area contributed by atoms with Gasteiger partial charge in [0.15, 0.2) is 0 Å². The number of rotatable bonds is 1. The van der Waals surface area contributed by atoms with Crippen LogP contribution in [0.3, 0.4) is 0 Å². The third kappa shape index (κ3) is 2.14. The van der Waals surface area contributed by atoms with Crippen LogP contribution in [0.5, 0.6) is 0 Å². The van der Waals surface area contributed by atoms with Gasteiger partial charge in [0.25, 0.3) is 0 Å². The molecule has 0 unspecified atom stereocenters. The monoisotopic (exact) mass is 207 g/mol. The van der Waals surface area contributed by atoms with Crippen LogP contribution in [0.15, 0.2) is 18.2 Å². The molecule has 1 fully saturated rings. The highest BCUT2D eigenvalue weighted by molar-refractivity contribution is 5.49. The molecule has 2 heteroatoms. The van der Waals surface area contributed by atoms with Gasteiger partial charge in [0.2, 0.25) is 0 Å². The topological polar surface area (TPSA) is 26.0 Å². The highest BCUT2D eigenvalue weighted by Gasteiger charge is 2.22. The summed E-state index contributed by atoms with van der Waals surface area (Å²) in [6.07, 6.45) is 4.83. The number of nitrogens with two attached hydrogens (primary N) is 1. The third-order valence-corrected chi connectivity index (χ3v) is 3.46. The lowest BCUT2D eigenvalue weighted by Crippen LogP contribution is -2.13. The molecule has 1 aliphatic rings. The van der Waals surface area contributed by atoms with Crippen molar-refractivity contribution < 1.29 is 4.39 Å². The minimum Gasteiger partial charge on any atom is -0.396 e. The van der Waals surface area contributed by atoms with Crippen molar-refractivity contribution in [3.8, 4) is 0 Å². The van der Waals surface area contributed by atoms with Crippen molar-refractivity contribution >= 4 is 5.69 Å². The van der Waals surface area contributed by atoms with Crippen LogP contribution in [0.1, 0.15) is 44.1 Å². The van der Waals surface area contributed by atoms with E-state index in [1.807, 2.05) is 6.07 Å². The highest BCUT2D eigenvalue weighted by atomic mass is 19.1. The minimum absolute atomic E-state index is 0.272. The van der Waals surface area contributed by atoms with E-state index in [1.54, 1.807) is 6.07 Å². The summed E-state index contributed by atoms with van der Waals surface area (Å²) < 4.78 is 13.3. The van der Waals surface area contributed by atoms with Gasteiger partial charge in [-0.15, -0.1) is 0 Å². The molecule has 1 aliphatic carbocycles. The van der Waals surface area contributed by atoms with E-state index >= 15 is 0 Å². The Labute approximate surface area is 90.5 Å². The molecule has 1 saturated carbocycles. The summed E-state index contributed by atoms with van der Waals surface area (Å²) >= 11 is 0. The fraction of sp³-hybridized carbons (Fsp3) is 0.538. The van der Waals surface area contributed by atoms with E-state index in [0.29, 0.717) is 11.6 Å². The van der Waals surface area contributed by atoms with Crippen molar-refractivity contribution in [2.75, 3.05) is 5.73 Å². The summed E-state index contributed by atoms with van der Waals surface area (Å²) in [6, 6.07) is 5.17. The molecule has 2 rings (SSSR count). The summed E-state index contributed by atoms with van der Waals surface area (Å²) in [5.41, 5.74) is 7.16. The zero-order valence-electron chi connectivity index (χ0n) is 9.17. The molecule has 0 heterocycles. The van der Waals surface area contributed by atoms with Gasteiger partial charge >= 0.3 is 0 Å². The van der Waals surface area contributed by atoms with Gasteiger partial charge in [0, 0.05) is 0 Å². The molecule has 2 N–H and O–H groups in total. The molecule has 0 radical (unpaired) electrons. The Kier molecular flexibility index (Phi) is 2.94. The third-order valence-electron chi connectivity index (χ3n) is 3.46. The van der Waals surface area contributed by atoms with Crippen molar-refractivity contribution in [2.45, 2.75) is 38.5 Å². The standard InChI is InChI=1S/C13H18FN/c1-9-4-2-5-10(8-9)11-6-3-7-12(14)13(11)15/h3,6-7,9-10H,2,4-5,8,15H2,1H3/t9-,10+/m1/s1. The van der Waals surface area contributed by atoms with E-state index < -0.39 is 0 Å². The second kappa shape index (κ2) is 4.21. The first-order valence-corrected chi connectivity index (χ1v) is 5.72. The van der Waals surface area contributed by atoms with E-state index in [2.05, 4.69) is 6.92 Å². The second-order valence-corrected chi connectivity index (χ2v) is 4.71. The molecular weight excluding hydrogens is 189 g/mol. The van der Waals surface area contributed by atoms with Crippen molar-refractivity contribution in [2.24, 2.45) is 5.92 Å². The summed E-state index contributed by atoms with van der Waals surface area (Å²) in [7, 11) is 0. The normalized spacial score (nSPS) is 26.5. The van der Waals surface area contributed by atoms with Crippen LogP contribution in [0.2, 0.25) is 0 Å². The fourth-order valence-corrected chi connectivity index (χ4v) is 2.63. The first-order chi connectivity index (χ1) is 7.18. The van der Waals surface area contributed by atoms with Crippen LogP contribution >= 0.6 is 0 Å². The van der Waals surface area contributed by atoms with Crippen LogP contribution in [-0.4, -0.2) is 0 Å². The molecule has 0 bridgehead atoms. The van der Waals surface area contributed by atoms with Gasteiger partial charge in [0.1, 0.15) is 5.82 Å². The van der Waals surface area contributed by atoms with Crippen molar-refractivity contribution in [3.05, 3.63) is 29.6 Å². The Morgan fingerprint density at radius 1 is 1.33 bits per heavy atom. The van der Waals surface area contributed by atoms with Gasteiger partial charge in [0.05, 0.1) is 5.69 Å².